The summed E-state index contributed by atoms with van der Waals surface area (Å²) in [6.45, 7) is 7.04. The van der Waals surface area contributed by atoms with Crippen LogP contribution in [0.15, 0.2) is 0 Å². The Morgan fingerprint density at radius 2 is 1.76 bits per heavy atom. The second-order valence-electron chi connectivity index (χ2n) is 6.18. The molecule has 17 heavy (non-hydrogen) atoms. The van der Waals surface area contributed by atoms with E-state index in [1.165, 1.54) is 25.7 Å². The molecule has 3 nitrogen and oxygen atoms in total. The predicted molar refractivity (Wildman–Crippen MR) is 70.9 cm³/mol. The fraction of sp³-hybridized carbons (Fsp3) is 1.00. The molecule has 1 aliphatic heterocycles. The minimum Gasteiger partial charge on any atom is -0.381 e. The van der Waals surface area contributed by atoms with E-state index in [1.54, 1.807) is 0 Å². The van der Waals surface area contributed by atoms with E-state index in [4.69, 9.17) is 10.5 Å². The maximum absolute atomic E-state index is 6.38. The molecule has 100 valence electrons. The highest BCUT2D eigenvalue weighted by Crippen LogP contribution is 2.32. The smallest absolute Gasteiger partial charge is 0.0595 e. The molecule has 1 aliphatic carbocycles. The highest BCUT2D eigenvalue weighted by Gasteiger charge is 2.37. The van der Waals surface area contributed by atoms with Crippen LogP contribution in [0.4, 0.5) is 0 Å². The van der Waals surface area contributed by atoms with Crippen molar-refractivity contribution in [3.63, 3.8) is 0 Å². The molecular weight excluding hydrogens is 212 g/mol. The number of hydrogen-bond donors (Lipinski definition) is 1. The van der Waals surface area contributed by atoms with Crippen molar-refractivity contribution in [2.75, 3.05) is 20.2 Å². The van der Waals surface area contributed by atoms with Crippen LogP contribution >= 0.6 is 0 Å². The van der Waals surface area contributed by atoms with Gasteiger partial charge in [0.25, 0.3) is 0 Å². The summed E-state index contributed by atoms with van der Waals surface area (Å²) in [4.78, 5) is 2.62. The van der Waals surface area contributed by atoms with E-state index in [1.807, 2.05) is 7.11 Å². The number of nitrogens with two attached hydrogens (primary N) is 1. The number of methoxy groups -OCH3 is 1. The molecular formula is C14H28N2O. The molecule has 0 amide bonds. The van der Waals surface area contributed by atoms with Crippen LogP contribution < -0.4 is 5.73 Å². The Balaban J connectivity index is 1.93. The van der Waals surface area contributed by atoms with Gasteiger partial charge in [-0.3, -0.25) is 4.90 Å². The summed E-state index contributed by atoms with van der Waals surface area (Å²) < 4.78 is 5.44. The van der Waals surface area contributed by atoms with E-state index < -0.39 is 0 Å². The normalized spacial score (nSPS) is 41.6. The first-order chi connectivity index (χ1) is 8.11. The van der Waals surface area contributed by atoms with Crippen molar-refractivity contribution in [1.82, 2.24) is 4.90 Å². The van der Waals surface area contributed by atoms with Gasteiger partial charge in [-0.1, -0.05) is 13.8 Å². The van der Waals surface area contributed by atoms with Gasteiger partial charge in [-0.15, -0.1) is 0 Å². The largest absolute Gasteiger partial charge is 0.381 e. The molecule has 1 heterocycles. The van der Waals surface area contributed by atoms with Crippen molar-refractivity contribution in [1.29, 1.82) is 0 Å². The van der Waals surface area contributed by atoms with Gasteiger partial charge in [0.2, 0.25) is 0 Å². The Morgan fingerprint density at radius 1 is 1.12 bits per heavy atom. The minimum atomic E-state index is 0.368. The van der Waals surface area contributed by atoms with Crippen molar-refractivity contribution in [3.05, 3.63) is 0 Å². The van der Waals surface area contributed by atoms with Crippen LogP contribution in [-0.2, 0) is 4.74 Å². The maximum atomic E-state index is 6.38. The Morgan fingerprint density at radius 3 is 2.29 bits per heavy atom. The van der Waals surface area contributed by atoms with Gasteiger partial charge in [0.1, 0.15) is 0 Å². The molecule has 0 aromatic heterocycles. The van der Waals surface area contributed by atoms with E-state index in [-0.39, 0.29) is 0 Å². The quantitative estimate of drug-likeness (QED) is 0.800. The molecule has 0 aromatic rings. The summed E-state index contributed by atoms with van der Waals surface area (Å²) in [6, 6.07) is 0.969. The lowest BCUT2D eigenvalue weighted by Crippen LogP contribution is -2.57. The van der Waals surface area contributed by atoms with Crippen LogP contribution in [-0.4, -0.2) is 43.3 Å². The van der Waals surface area contributed by atoms with E-state index in [0.29, 0.717) is 18.2 Å². The molecule has 0 radical (unpaired) electrons. The summed E-state index contributed by atoms with van der Waals surface area (Å²) in [7, 11) is 1.83. The van der Waals surface area contributed by atoms with Gasteiger partial charge in [-0.05, 0) is 37.5 Å². The average Bonchev–Trinajstić information content (AvgIpc) is 2.28. The van der Waals surface area contributed by atoms with Crippen molar-refractivity contribution in [2.24, 2.45) is 17.6 Å². The zero-order valence-electron chi connectivity index (χ0n) is 11.6. The van der Waals surface area contributed by atoms with Crippen LogP contribution in [0.3, 0.4) is 0 Å². The lowest BCUT2D eigenvalue weighted by molar-refractivity contribution is -0.000522. The second-order valence-corrected chi connectivity index (χ2v) is 6.18. The zero-order valence-corrected chi connectivity index (χ0v) is 11.6. The van der Waals surface area contributed by atoms with E-state index in [9.17, 15) is 0 Å². The zero-order chi connectivity index (χ0) is 12.4. The third-order valence-corrected chi connectivity index (χ3v) is 4.70. The third kappa shape index (κ3) is 3.01. The fourth-order valence-electron chi connectivity index (χ4n) is 3.94. The molecule has 4 atom stereocenters. The van der Waals surface area contributed by atoms with Gasteiger partial charge in [0.05, 0.1) is 6.10 Å². The summed E-state index contributed by atoms with van der Waals surface area (Å²) >= 11 is 0. The first kappa shape index (κ1) is 13.3. The summed E-state index contributed by atoms with van der Waals surface area (Å²) in [5, 5.41) is 0. The van der Waals surface area contributed by atoms with Crippen LogP contribution in [0.2, 0.25) is 0 Å². The number of rotatable bonds is 2. The lowest BCUT2D eigenvalue weighted by atomic mass is 9.76. The number of nitrogens with zero attached hydrogens (tertiary/aromatic N) is 1. The Bertz CT molecular complexity index is 226. The third-order valence-electron chi connectivity index (χ3n) is 4.70. The molecule has 0 bridgehead atoms. The number of piperidine rings is 1. The standard InChI is InChI=1S/C14H28N2O/c1-10-8-11(2)14(13(15)9-10)16-6-4-12(17-3)5-7-16/h10-14H,4-9,15H2,1-3H3. The van der Waals surface area contributed by atoms with Crippen molar-refractivity contribution in [2.45, 2.75) is 57.7 Å². The highest BCUT2D eigenvalue weighted by atomic mass is 16.5. The molecule has 2 rings (SSSR count). The molecule has 0 aromatic carbocycles. The van der Waals surface area contributed by atoms with Gasteiger partial charge in [0, 0.05) is 32.3 Å². The Kier molecular flexibility index (Phi) is 4.45. The van der Waals surface area contributed by atoms with Crippen LogP contribution in [0.1, 0.15) is 39.5 Å². The van der Waals surface area contributed by atoms with Crippen LogP contribution in [0.5, 0.6) is 0 Å². The average molecular weight is 240 g/mol. The Labute approximate surface area is 106 Å². The van der Waals surface area contributed by atoms with Gasteiger partial charge < -0.3 is 10.5 Å². The Hall–Kier alpha value is -0.120. The first-order valence-electron chi connectivity index (χ1n) is 7.14. The van der Waals surface area contributed by atoms with Gasteiger partial charge in [0.15, 0.2) is 0 Å². The summed E-state index contributed by atoms with van der Waals surface area (Å²) in [5.41, 5.74) is 6.38. The number of ether oxygens (including phenoxy) is 1. The van der Waals surface area contributed by atoms with Crippen LogP contribution in [0.25, 0.3) is 0 Å². The molecule has 4 unspecified atom stereocenters. The van der Waals surface area contributed by atoms with E-state index >= 15 is 0 Å². The second kappa shape index (κ2) is 5.68. The highest BCUT2D eigenvalue weighted by molar-refractivity contribution is 4.93. The molecule has 3 heteroatoms. The van der Waals surface area contributed by atoms with Crippen molar-refractivity contribution in [3.8, 4) is 0 Å². The SMILES string of the molecule is COC1CCN(C2C(C)CC(C)CC2N)CC1. The predicted octanol–water partition coefficient (Wildman–Crippen LogP) is 1.86. The summed E-state index contributed by atoms with van der Waals surface area (Å²) in [5.74, 6) is 1.54. The minimum absolute atomic E-state index is 0.368. The molecule has 0 spiro atoms. The molecule has 2 N–H and O–H groups in total. The van der Waals surface area contributed by atoms with Crippen molar-refractivity contribution >= 4 is 0 Å². The van der Waals surface area contributed by atoms with E-state index in [0.717, 1.165) is 24.9 Å². The molecule has 2 aliphatic rings. The molecule has 2 fully saturated rings. The number of hydrogen-bond acceptors (Lipinski definition) is 3. The van der Waals surface area contributed by atoms with Crippen LogP contribution in [0, 0.1) is 11.8 Å². The van der Waals surface area contributed by atoms with Gasteiger partial charge in [-0.2, -0.15) is 0 Å². The molecule has 1 saturated heterocycles. The first-order valence-corrected chi connectivity index (χ1v) is 7.14. The summed E-state index contributed by atoms with van der Waals surface area (Å²) in [6.07, 6.45) is 5.34. The number of likely N-dealkylation sites (tertiary alicyclic amines) is 1. The monoisotopic (exact) mass is 240 g/mol. The topological polar surface area (TPSA) is 38.5 Å². The fourth-order valence-corrected chi connectivity index (χ4v) is 3.94. The lowest BCUT2D eigenvalue weighted by Gasteiger charge is -2.46. The van der Waals surface area contributed by atoms with Crippen molar-refractivity contribution < 1.29 is 4.74 Å². The molecule has 1 saturated carbocycles. The van der Waals surface area contributed by atoms with E-state index in [2.05, 4.69) is 18.7 Å². The van der Waals surface area contributed by atoms with Gasteiger partial charge in [-0.25, -0.2) is 0 Å². The maximum Gasteiger partial charge on any atom is 0.0595 e. The van der Waals surface area contributed by atoms with Gasteiger partial charge >= 0.3 is 0 Å².